The number of rotatable bonds is 1. The van der Waals surface area contributed by atoms with E-state index in [1.54, 1.807) is 18.3 Å². The molecule has 0 N–H and O–H groups in total. The van der Waals surface area contributed by atoms with Gasteiger partial charge in [0, 0.05) is 28.3 Å². The van der Waals surface area contributed by atoms with Gasteiger partial charge in [-0.2, -0.15) is 13.2 Å². The van der Waals surface area contributed by atoms with E-state index in [0.717, 1.165) is 28.8 Å². The third-order valence-corrected chi connectivity index (χ3v) is 4.45. The molecule has 1 aromatic heterocycles. The van der Waals surface area contributed by atoms with Crippen molar-refractivity contribution in [2.24, 2.45) is 0 Å². The molecule has 1 atom stereocenters. The van der Waals surface area contributed by atoms with Crippen molar-refractivity contribution in [3.05, 3.63) is 82.3 Å². The van der Waals surface area contributed by atoms with Crippen molar-refractivity contribution in [2.45, 2.75) is 12.1 Å². The standard InChI is InChI=1S/C18H10ClF3N2/c19-12-4-1-10(2-5-12)16-13-6-3-11(18(20,21)22)7-14(13)17-15(16)8-23-9-24-17/h1-9,16H. The fraction of sp³-hybridized carbons (Fsp3) is 0.111. The van der Waals surface area contributed by atoms with Gasteiger partial charge >= 0.3 is 6.18 Å². The first-order chi connectivity index (χ1) is 11.4. The number of alkyl halides is 3. The zero-order valence-corrected chi connectivity index (χ0v) is 12.9. The molecule has 120 valence electrons. The minimum absolute atomic E-state index is 0.198. The zero-order valence-electron chi connectivity index (χ0n) is 12.2. The van der Waals surface area contributed by atoms with E-state index in [1.165, 1.54) is 12.4 Å². The molecule has 2 nitrogen and oxygen atoms in total. The van der Waals surface area contributed by atoms with E-state index in [9.17, 15) is 13.2 Å². The highest BCUT2D eigenvalue weighted by Crippen LogP contribution is 2.48. The molecule has 4 rings (SSSR count). The van der Waals surface area contributed by atoms with Crippen LogP contribution in [0, 0.1) is 0 Å². The molecule has 3 aromatic rings. The fourth-order valence-corrected chi connectivity index (χ4v) is 3.27. The Labute approximate surface area is 141 Å². The molecule has 1 unspecified atom stereocenters. The van der Waals surface area contributed by atoms with Crippen LogP contribution in [-0.2, 0) is 6.18 Å². The maximum absolute atomic E-state index is 13.0. The van der Waals surface area contributed by atoms with Crippen LogP contribution in [0.1, 0.15) is 28.2 Å². The van der Waals surface area contributed by atoms with Crippen LogP contribution in [0.15, 0.2) is 55.0 Å². The van der Waals surface area contributed by atoms with Gasteiger partial charge in [0.2, 0.25) is 0 Å². The Morgan fingerprint density at radius 2 is 1.71 bits per heavy atom. The lowest BCUT2D eigenvalue weighted by Crippen LogP contribution is -2.05. The zero-order chi connectivity index (χ0) is 16.9. The molecule has 1 heterocycles. The van der Waals surface area contributed by atoms with E-state index in [4.69, 9.17) is 11.6 Å². The highest BCUT2D eigenvalue weighted by Gasteiger charge is 2.36. The van der Waals surface area contributed by atoms with E-state index in [-0.39, 0.29) is 5.92 Å². The lowest BCUT2D eigenvalue weighted by molar-refractivity contribution is -0.137. The van der Waals surface area contributed by atoms with E-state index in [1.807, 2.05) is 12.1 Å². The van der Waals surface area contributed by atoms with Gasteiger partial charge in [0.1, 0.15) is 6.33 Å². The average Bonchev–Trinajstić information content (AvgIpc) is 2.89. The molecule has 2 aromatic carbocycles. The van der Waals surface area contributed by atoms with Gasteiger partial charge in [0.05, 0.1) is 11.3 Å². The van der Waals surface area contributed by atoms with Crippen LogP contribution in [0.2, 0.25) is 5.02 Å². The number of aromatic nitrogens is 2. The topological polar surface area (TPSA) is 25.8 Å². The van der Waals surface area contributed by atoms with Gasteiger partial charge in [0.15, 0.2) is 0 Å². The summed E-state index contributed by atoms with van der Waals surface area (Å²) in [5, 5.41) is 0.605. The Kier molecular flexibility index (Phi) is 3.35. The number of hydrogen-bond donors (Lipinski definition) is 0. The molecule has 1 aliphatic rings. The Bertz CT molecular complexity index is 920. The van der Waals surface area contributed by atoms with Crippen molar-refractivity contribution in [1.29, 1.82) is 0 Å². The minimum Gasteiger partial charge on any atom is -0.244 e. The Morgan fingerprint density at radius 1 is 0.958 bits per heavy atom. The van der Waals surface area contributed by atoms with Crippen LogP contribution in [0.3, 0.4) is 0 Å². The maximum Gasteiger partial charge on any atom is 0.416 e. The van der Waals surface area contributed by atoms with Crippen LogP contribution >= 0.6 is 11.6 Å². The highest BCUT2D eigenvalue weighted by atomic mass is 35.5. The van der Waals surface area contributed by atoms with Gasteiger partial charge in [-0.15, -0.1) is 0 Å². The summed E-state index contributed by atoms with van der Waals surface area (Å²) >= 11 is 5.94. The first kappa shape index (κ1) is 15.1. The fourth-order valence-electron chi connectivity index (χ4n) is 3.15. The average molecular weight is 347 g/mol. The largest absolute Gasteiger partial charge is 0.416 e. The van der Waals surface area contributed by atoms with Crippen molar-refractivity contribution in [3.63, 3.8) is 0 Å². The third-order valence-electron chi connectivity index (χ3n) is 4.20. The molecule has 24 heavy (non-hydrogen) atoms. The SMILES string of the molecule is FC(F)(F)c1ccc2c(c1)-c1ncncc1C2c1ccc(Cl)cc1. The molecular weight excluding hydrogens is 337 g/mol. The smallest absolute Gasteiger partial charge is 0.244 e. The maximum atomic E-state index is 13.0. The van der Waals surface area contributed by atoms with Crippen molar-refractivity contribution >= 4 is 11.6 Å². The summed E-state index contributed by atoms with van der Waals surface area (Å²) in [7, 11) is 0. The summed E-state index contributed by atoms with van der Waals surface area (Å²) in [5.41, 5.74) is 2.90. The molecule has 0 saturated carbocycles. The van der Waals surface area contributed by atoms with Crippen LogP contribution in [-0.4, -0.2) is 9.97 Å². The number of halogens is 4. The minimum atomic E-state index is -4.39. The van der Waals surface area contributed by atoms with E-state index in [2.05, 4.69) is 9.97 Å². The highest BCUT2D eigenvalue weighted by molar-refractivity contribution is 6.30. The van der Waals surface area contributed by atoms with Crippen LogP contribution in [0.4, 0.5) is 13.2 Å². The van der Waals surface area contributed by atoms with Crippen LogP contribution in [0.5, 0.6) is 0 Å². The predicted octanol–water partition coefficient (Wildman–Crippen LogP) is 5.31. The Hall–Kier alpha value is -2.40. The lowest BCUT2D eigenvalue weighted by atomic mass is 9.90. The number of benzene rings is 2. The molecule has 0 spiro atoms. The van der Waals surface area contributed by atoms with Gasteiger partial charge in [-0.25, -0.2) is 9.97 Å². The van der Waals surface area contributed by atoms with Crippen molar-refractivity contribution < 1.29 is 13.2 Å². The van der Waals surface area contributed by atoms with Gasteiger partial charge < -0.3 is 0 Å². The summed E-state index contributed by atoms with van der Waals surface area (Å²) in [5.74, 6) is -0.198. The van der Waals surface area contributed by atoms with Crippen LogP contribution < -0.4 is 0 Å². The Morgan fingerprint density at radius 3 is 2.42 bits per heavy atom. The second kappa shape index (κ2) is 5.31. The lowest BCUT2D eigenvalue weighted by Gasteiger charge is -2.14. The molecular formula is C18H10ClF3N2. The summed E-state index contributed by atoms with van der Waals surface area (Å²) in [6.07, 6.45) is -1.37. The monoisotopic (exact) mass is 346 g/mol. The second-order valence-electron chi connectivity index (χ2n) is 5.61. The van der Waals surface area contributed by atoms with Gasteiger partial charge in [0.25, 0.3) is 0 Å². The van der Waals surface area contributed by atoms with Crippen molar-refractivity contribution in [1.82, 2.24) is 9.97 Å². The predicted molar refractivity (Wildman–Crippen MR) is 84.9 cm³/mol. The molecule has 0 fully saturated rings. The first-order valence-electron chi connectivity index (χ1n) is 7.22. The Balaban J connectivity index is 1.94. The third kappa shape index (κ3) is 2.36. The quantitative estimate of drug-likeness (QED) is 0.467. The normalized spacial score (nSPS) is 15.9. The first-order valence-corrected chi connectivity index (χ1v) is 7.60. The molecule has 0 radical (unpaired) electrons. The summed E-state index contributed by atoms with van der Waals surface area (Å²) in [6.45, 7) is 0. The number of nitrogens with zero attached hydrogens (tertiary/aromatic N) is 2. The second-order valence-corrected chi connectivity index (χ2v) is 6.05. The van der Waals surface area contributed by atoms with E-state index in [0.29, 0.717) is 16.3 Å². The summed E-state index contributed by atoms with van der Waals surface area (Å²) in [6, 6.07) is 11.1. The van der Waals surface area contributed by atoms with E-state index < -0.39 is 11.7 Å². The molecule has 0 bridgehead atoms. The van der Waals surface area contributed by atoms with Crippen LogP contribution in [0.25, 0.3) is 11.3 Å². The molecule has 1 aliphatic carbocycles. The summed E-state index contributed by atoms with van der Waals surface area (Å²) in [4.78, 5) is 8.26. The molecule has 0 aliphatic heterocycles. The van der Waals surface area contributed by atoms with Gasteiger partial charge in [-0.05, 0) is 35.4 Å². The van der Waals surface area contributed by atoms with Gasteiger partial charge in [-0.1, -0.05) is 29.8 Å². The summed E-state index contributed by atoms with van der Waals surface area (Å²) < 4.78 is 39.1. The van der Waals surface area contributed by atoms with Crippen molar-refractivity contribution in [2.75, 3.05) is 0 Å². The number of hydrogen-bond acceptors (Lipinski definition) is 2. The molecule has 0 amide bonds. The van der Waals surface area contributed by atoms with Gasteiger partial charge in [-0.3, -0.25) is 0 Å². The number of fused-ring (bicyclic) bond motifs is 3. The van der Waals surface area contributed by atoms with Crippen molar-refractivity contribution in [3.8, 4) is 11.3 Å². The van der Waals surface area contributed by atoms with E-state index >= 15 is 0 Å². The molecule has 0 saturated heterocycles. The molecule has 6 heteroatoms.